The van der Waals surface area contributed by atoms with E-state index in [4.69, 9.17) is 18.9 Å². The molecule has 0 aliphatic carbocycles. The second-order valence-electron chi connectivity index (χ2n) is 4.21. The third kappa shape index (κ3) is 9.73. The standard InChI is InChI=1S/C14H23BrN2O4/c1-2-3-4-18-5-6-19-7-8-20-9-10-21-14-13(15)11-16-12-17-14/h11-12H,2-10H2,1H3. The quantitative estimate of drug-likeness (QED) is 0.502. The first-order valence-corrected chi connectivity index (χ1v) is 7.95. The van der Waals surface area contributed by atoms with Crippen LogP contribution in [-0.4, -0.2) is 56.2 Å². The number of hydrogen-bond acceptors (Lipinski definition) is 6. The highest BCUT2D eigenvalue weighted by Gasteiger charge is 2.01. The molecule has 120 valence electrons. The van der Waals surface area contributed by atoms with Crippen LogP contribution in [0.15, 0.2) is 17.0 Å². The van der Waals surface area contributed by atoms with Gasteiger partial charge in [-0.3, -0.25) is 0 Å². The number of ether oxygens (including phenoxy) is 4. The van der Waals surface area contributed by atoms with E-state index in [9.17, 15) is 0 Å². The number of unbranched alkanes of at least 4 members (excludes halogenated alkanes) is 1. The lowest BCUT2D eigenvalue weighted by Crippen LogP contribution is -2.13. The van der Waals surface area contributed by atoms with Crippen LogP contribution in [0.1, 0.15) is 19.8 Å². The van der Waals surface area contributed by atoms with E-state index in [-0.39, 0.29) is 0 Å². The predicted molar refractivity (Wildman–Crippen MR) is 82.6 cm³/mol. The average molecular weight is 363 g/mol. The maximum absolute atomic E-state index is 5.44. The van der Waals surface area contributed by atoms with Gasteiger partial charge >= 0.3 is 0 Å². The number of halogens is 1. The van der Waals surface area contributed by atoms with Crippen molar-refractivity contribution in [1.29, 1.82) is 0 Å². The van der Waals surface area contributed by atoms with Gasteiger partial charge in [0.05, 0.1) is 37.5 Å². The van der Waals surface area contributed by atoms with Crippen molar-refractivity contribution in [1.82, 2.24) is 9.97 Å². The molecular formula is C14H23BrN2O4. The molecule has 7 heteroatoms. The summed E-state index contributed by atoms with van der Waals surface area (Å²) in [5.74, 6) is 0.522. The van der Waals surface area contributed by atoms with Crippen LogP contribution in [0, 0.1) is 0 Å². The first-order valence-electron chi connectivity index (χ1n) is 7.16. The Bertz CT molecular complexity index is 369. The fourth-order valence-electron chi connectivity index (χ4n) is 1.39. The van der Waals surface area contributed by atoms with Gasteiger partial charge in [0.2, 0.25) is 5.88 Å². The molecule has 0 bridgehead atoms. The number of hydrogen-bond donors (Lipinski definition) is 0. The minimum atomic E-state index is 0.440. The van der Waals surface area contributed by atoms with Crippen LogP contribution in [-0.2, 0) is 14.2 Å². The van der Waals surface area contributed by atoms with E-state index in [1.807, 2.05) is 0 Å². The lowest BCUT2D eigenvalue weighted by atomic mass is 10.4. The van der Waals surface area contributed by atoms with Crippen molar-refractivity contribution in [3.8, 4) is 5.88 Å². The number of nitrogens with zero attached hydrogens (tertiary/aromatic N) is 2. The van der Waals surface area contributed by atoms with Gasteiger partial charge in [0.1, 0.15) is 12.9 Å². The lowest BCUT2D eigenvalue weighted by Gasteiger charge is -2.08. The van der Waals surface area contributed by atoms with Crippen molar-refractivity contribution in [2.24, 2.45) is 0 Å². The van der Waals surface area contributed by atoms with Crippen molar-refractivity contribution in [2.45, 2.75) is 19.8 Å². The fourth-order valence-corrected chi connectivity index (χ4v) is 1.73. The molecule has 1 rings (SSSR count). The summed E-state index contributed by atoms with van der Waals surface area (Å²) < 4.78 is 22.3. The molecule has 0 N–H and O–H groups in total. The Morgan fingerprint density at radius 2 is 1.57 bits per heavy atom. The van der Waals surface area contributed by atoms with Crippen molar-refractivity contribution in [3.63, 3.8) is 0 Å². The first kappa shape index (κ1) is 18.3. The molecule has 0 amide bonds. The van der Waals surface area contributed by atoms with Crippen molar-refractivity contribution in [3.05, 3.63) is 17.0 Å². The van der Waals surface area contributed by atoms with Crippen LogP contribution in [0.3, 0.4) is 0 Å². The summed E-state index contributed by atoms with van der Waals surface area (Å²) in [4.78, 5) is 7.85. The second kappa shape index (κ2) is 12.9. The molecule has 0 aromatic carbocycles. The van der Waals surface area contributed by atoms with Crippen LogP contribution in [0.5, 0.6) is 5.88 Å². The van der Waals surface area contributed by atoms with Gasteiger partial charge in [-0.25, -0.2) is 9.97 Å². The lowest BCUT2D eigenvalue weighted by molar-refractivity contribution is 0.00867. The Hall–Kier alpha value is -0.760. The minimum Gasteiger partial charge on any atom is -0.474 e. The van der Waals surface area contributed by atoms with Crippen LogP contribution in [0.25, 0.3) is 0 Å². The summed E-state index contributed by atoms with van der Waals surface area (Å²) in [6.07, 6.45) is 5.34. The number of rotatable bonds is 13. The summed E-state index contributed by atoms with van der Waals surface area (Å²) in [5.41, 5.74) is 0. The van der Waals surface area contributed by atoms with Crippen molar-refractivity contribution in [2.75, 3.05) is 46.2 Å². The SMILES string of the molecule is CCCCOCCOCCOCCOc1ncncc1Br. The van der Waals surface area contributed by atoms with Gasteiger partial charge in [-0.1, -0.05) is 13.3 Å². The molecule has 0 aliphatic heterocycles. The zero-order valence-corrected chi connectivity index (χ0v) is 14.0. The highest BCUT2D eigenvalue weighted by Crippen LogP contribution is 2.19. The zero-order chi connectivity index (χ0) is 15.2. The van der Waals surface area contributed by atoms with Gasteiger partial charge in [0.15, 0.2) is 0 Å². The van der Waals surface area contributed by atoms with Crippen LogP contribution < -0.4 is 4.74 Å². The van der Waals surface area contributed by atoms with Gasteiger partial charge in [-0.05, 0) is 22.4 Å². The molecule has 0 saturated carbocycles. The Balaban J connectivity index is 1.84. The van der Waals surface area contributed by atoms with Gasteiger partial charge in [0.25, 0.3) is 0 Å². The fraction of sp³-hybridized carbons (Fsp3) is 0.714. The highest BCUT2D eigenvalue weighted by atomic mass is 79.9. The summed E-state index contributed by atoms with van der Waals surface area (Å²) in [7, 11) is 0. The Morgan fingerprint density at radius 3 is 2.19 bits per heavy atom. The monoisotopic (exact) mass is 362 g/mol. The zero-order valence-electron chi connectivity index (χ0n) is 12.4. The third-order valence-corrected chi connectivity index (χ3v) is 3.03. The average Bonchev–Trinajstić information content (AvgIpc) is 2.50. The molecule has 0 spiro atoms. The summed E-state index contributed by atoms with van der Waals surface area (Å²) in [6.45, 7) is 6.25. The Labute approximate surface area is 134 Å². The predicted octanol–water partition coefficient (Wildman–Crippen LogP) is 2.47. The summed E-state index contributed by atoms with van der Waals surface area (Å²) in [5, 5.41) is 0. The van der Waals surface area contributed by atoms with Crippen LogP contribution in [0.2, 0.25) is 0 Å². The second-order valence-corrected chi connectivity index (χ2v) is 5.07. The minimum absolute atomic E-state index is 0.440. The molecule has 0 unspecified atom stereocenters. The van der Waals surface area contributed by atoms with Crippen LogP contribution in [0.4, 0.5) is 0 Å². The van der Waals surface area contributed by atoms with E-state index in [2.05, 4.69) is 32.8 Å². The van der Waals surface area contributed by atoms with E-state index < -0.39 is 0 Å². The van der Waals surface area contributed by atoms with E-state index in [1.54, 1.807) is 6.20 Å². The topological polar surface area (TPSA) is 62.7 Å². The smallest absolute Gasteiger partial charge is 0.231 e. The van der Waals surface area contributed by atoms with Gasteiger partial charge in [0, 0.05) is 12.8 Å². The normalized spacial score (nSPS) is 10.8. The van der Waals surface area contributed by atoms with Gasteiger partial charge in [-0.2, -0.15) is 0 Å². The van der Waals surface area contributed by atoms with E-state index >= 15 is 0 Å². The first-order chi connectivity index (χ1) is 10.3. The maximum atomic E-state index is 5.44. The van der Waals surface area contributed by atoms with Gasteiger partial charge < -0.3 is 18.9 Å². The van der Waals surface area contributed by atoms with Crippen LogP contribution >= 0.6 is 15.9 Å². The molecule has 21 heavy (non-hydrogen) atoms. The molecule has 1 aromatic rings. The highest BCUT2D eigenvalue weighted by molar-refractivity contribution is 9.10. The molecule has 0 aliphatic rings. The van der Waals surface area contributed by atoms with Crippen molar-refractivity contribution < 1.29 is 18.9 Å². The molecule has 0 radical (unpaired) electrons. The van der Waals surface area contributed by atoms with E-state index in [0.29, 0.717) is 45.5 Å². The molecule has 6 nitrogen and oxygen atoms in total. The Morgan fingerprint density at radius 1 is 0.952 bits per heavy atom. The molecular weight excluding hydrogens is 340 g/mol. The van der Waals surface area contributed by atoms with E-state index in [1.165, 1.54) is 6.33 Å². The molecule has 1 aromatic heterocycles. The van der Waals surface area contributed by atoms with Gasteiger partial charge in [-0.15, -0.1) is 0 Å². The summed E-state index contributed by atoms with van der Waals surface area (Å²) in [6, 6.07) is 0. The molecule has 0 fully saturated rings. The Kier molecular flexibility index (Phi) is 11.3. The molecule has 0 atom stereocenters. The van der Waals surface area contributed by atoms with Crippen molar-refractivity contribution >= 4 is 15.9 Å². The molecule has 1 heterocycles. The maximum Gasteiger partial charge on any atom is 0.231 e. The molecule has 0 saturated heterocycles. The largest absolute Gasteiger partial charge is 0.474 e. The third-order valence-electron chi connectivity index (χ3n) is 2.49. The van der Waals surface area contributed by atoms with E-state index in [0.717, 1.165) is 23.9 Å². The number of aromatic nitrogens is 2. The summed E-state index contributed by atoms with van der Waals surface area (Å²) >= 11 is 3.31.